The monoisotopic (exact) mass is 499 g/mol. The van der Waals surface area contributed by atoms with Gasteiger partial charge in [0.15, 0.2) is 0 Å². The van der Waals surface area contributed by atoms with E-state index in [1.54, 1.807) is 5.57 Å². The largest absolute Gasteiger partial charge is 0.344 e. The highest BCUT2D eigenvalue weighted by Gasteiger charge is 2.49. The molecule has 3 aliphatic carbocycles. The first-order valence-corrected chi connectivity index (χ1v) is 14.4. The number of rotatable bonds is 0. The average molecular weight is 500 g/mol. The minimum absolute atomic E-state index is 0.0236. The maximum Gasteiger partial charge on any atom is 0.0488 e. The van der Waals surface area contributed by atoms with E-state index in [9.17, 15) is 0 Å². The summed E-state index contributed by atoms with van der Waals surface area (Å²) in [4.78, 5) is 0. The quantitative estimate of drug-likeness (QED) is 0.227. The Morgan fingerprint density at radius 1 is 0.632 bits per heavy atom. The van der Waals surface area contributed by atoms with Gasteiger partial charge in [-0.05, 0) is 74.9 Å². The zero-order chi connectivity index (χ0) is 27.0. The number of fused-ring (bicyclic) bond motifs is 7. The number of aromatic nitrogens is 1. The third-order valence-electron chi connectivity index (χ3n) is 11.1. The summed E-state index contributed by atoms with van der Waals surface area (Å²) in [7, 11) is 2.29. The summed E-state index contributed by atoms with van der Waals surface area (Å²) in [6.45, 7) is 19.5. The van der Waals surface area contributed by atoms with Gasteiger partial charge in [-0.3, -0.25) is 0 Å². The fourth-order valence-electron chi connectivity index (χ4n) is 8.63. The van der Waals surface area contributed by atoms with Crippen LogP contribution in [0.5, 0.6) is 0 Å². The standard InChI is InChI=1S/C37H41N/c1-34(2)24-14-10-12-16-26(24)36(5,6)30-20-32-22(18-28(30)34)23-19-29-31(21-33(23)38(32)9)37(7,8)27-17-13-11-15-25(27)35(29,3)4/h10-18,20-21,29H,19H2,1-9H3. The summed E-state index contributed by atoms with van der Waals surface area (Å²) in [6, 6.07) is 23.4. The van der Waals surface area contributed by atoms with Crippen molar-refractivity contribution in [2.45, 2.75) is 83.5 Å². The van der Waals surface area contributed by atoms with Crippen molar-refractivity contribution in [3.63, 3.8) is 0 Å². The lowest BCUT2D eigenvalue weighted by atomic mass is 9.52. The molecule has 3 aromatic carbocycles. The van der Waals surface area contributed by atoms with E-state index >= 15 is 0 Å². The molecule has 0 saturated heterocycles. The Balaban J connectivity index is 1.51. The van der Waals surface area contributed by atoms with Gasteiger partial charge >= 0.3 is 0 Å². The van der Waals surface area contributed by atoms with Gasteiger partial charge in [0.05, 0.1) is 0 Å². The topological polar surface area (TPSA) is 4.93 Å². The van der Waals surface area contributed by atoms with Crippen LogP contribution in [0.25, 0.3) is 17.0 Å². The van der Waals surface area contributed by atoms with E-state index in [0.717, 1.165) is 6.42 Å². The second-order valence-electron chi connectivity index (χ2n) is 14.4. The van der Waals surface area contributed by atoms with Gasteiger partial charge in [0.1, 0.15) is 0 Å². The van der Waals surface area contributed by atoms with Crippen LogP contribution >= 0.6 is 0 Å². The van der Waals surface area contributed by atoms with Crippen LogP contribution < -0.4 is 0 Å². The molecular weight excluding hydrogens is 458 g/mol. The average Bonchev–Trinajstić information content (AvgIpc) is 3.16. The van der Waals surface area contributed by atoms with E-state index in [2.05, 4.69) is 134 Å². The van der Waals surface area contributed by atoms with Crippen molar-refractivity contribution in [1.29, 1.82) is 0 Å². The lowest BCUT2D eigenvalue weighted by Gasteiger charge is -2.51. The van der Waals surface area contributed by atoms with Gasteiger partial charge in [-0.2, -0.15) is 0 Å². The van der Waals surface area contributed by atoms with Gasteiger partial charge in [-0.1, -0.05) is 109 Å². The number of aryl methyl sites for hydroxylation is 1. The normalized spacial score (nSPS) is 23.0. The molecule has 0 radical (unpaired) electrons. The van der Waals surface area contributed by atoms with E-state index in [1.165, 1.54) is 55.5 Å². The maximum absolute atomic E-state index is 2.58. The van der Waals surface area contributed by atoms with Crippen LogP contribution in [0.4, 0.5) is 0 Å². The molecule has 1 heteroatoms. The van der Waals surface area contributed by atoms with E-state index in [0.29, 0.717) is 5.92 Å². The summed E-state index contributed by atoms with van der Waals surface area (Å²) in [5.74, 6) is 0.492. The molecule has 0 saturated carbocycles. The number of hydrogen-bond donors (Lipinski definition) is 0. The molecule has 1 atom stereocenters. The number of allylic oxidation sites excluding steroid dienone is 1. The van der Waals surface area contributed by atoms with Crippen LogP contribution in [0, 0.1) is 5.92 Å². The molecule has 0 bridgehead atoms. The van der Waals surface area contributed by atoms with Crippen molar-refractivity contribution in [1.82, 2.24) is 4.57 Å². The zero-order valence-electron chi connectivity index (χ0n) is 24.6. The Morgan fingerprint density at radius 3 is 1.71 bits per heavy atom. The third kappa shape index (κ3) is 2.73. The van der Waals surface area contributed by atoms with Crippen LogP contribution in [0.15, 0.2) is 66.2 Å². The fourth-order valence-corrected chi connectivity index (χ4v) is 8.63. The molecule has 1 aromatic heterocycles. The summed E-state index contributed by atoms with van der Waals surface area (Å²) in [5, 5.41) is 1.45. The Hall–Kier alpha value is -3.06. The SMILES string of the molecule is Cn1c2c(c3cc4c(cc31)C(C)(C)c1ccccc1C4(C)C)CC1C(=C2)C(C)(C)c2ccccc2C1(C)C. The molecule has 38 heavy (non-hydrogen) atoms. The van der Waals surface area contributed by atoms with Gasteiger partial charge in [0.2, 0.25) is 0 Å². The first-order chi connectivity index (χ1) is 17.8. The molecule has 4 aromatic rings. The van der Waals surface area contributed by atoms with Crippen molar-refractivity contribution in [3.05, 3.63) is 111 Å². The lowest BCUT2D eigenvalue weighted by Crippen LogP contribution is -2.45. The zero-order valence-corrected chi connectivity index (χ0v) is 24.6. The van der Waals surface area contributed by atoms with E-state index in [4.69, 9.17) is 0 Å². The van der Waals surface area contributed by atoms with Gasteiger partial charge in [0, 0.05) is 39.9 Å². The van der Waals surface area contributed by atoms with Gasteiger partial charge in [-0.15, -0.1) is 0 Å². The van der Waals surface area contributed by atoms with E-state index in [-0.39, 0.29) is 21.7 Å². The van der Waals surface area contributed by atoms with Crippen molar-refractivity contribution in [2.24, 2.45) is 13.0 Å². The predicted molar refractivity (Wildman–Crippen MR) is 161 cm³/mol. The van der Waals surface area contributed by atoms with Crippen molar-refractivity contribution in [2.75, 3.05) is 0 Å². The van der Waals surface area contributed by atoms with Crippen LogP contribution in [-0.4, -0.2) is 4.57 Å². The molecule has 0 spiro atoms. The maximum atomic E-state index is 2.58. The van der Waals surface area contributed by atoms with E-state index < -0.39 is 0 Å². The second-order valence-corrected chi connectivity index (χ2v) is 14.4. The minimum atomic E-state index is -0.0293. The van der Waals surface area contributed by atoms with Crippen LogP contribution in [0.2, 0.25) is 0 Å². The summed E-state index contributed by atoms with van der Waals surface area (Å²) < 4.78 is 2.49. The van der Waals surface area contributed by atoms with Crippen molar-refractivity contribution >= 4 is 17.0 Å². The van der Waals surface area contributed by atoms with Crippen molar-refractivity contribution in [3.8, 4) is 0 Å². The highest BCUT2D eigenvalue weighted by Crippen LogP contribution is 2.57. The minimum Gasteiger partial charge on any atom is -0.344 e. The molecule has 0 fully saturated rings. The van der Waals surface area contributed by atoms with Crippen molar-refractivity contribution < 1.29 is 0 Å². The first-order valence-electron chi connectivity index (χ1n) is 14.4. The van der Waals surface area contributed by atoms with Gasteiger partial charge in [0.25, 0.3) is 0 Å². The first kappa shape index (κ1) is 24.0. The summed E-state index contributed by atoms with van der Waals surface area (Å²) in [6.07, 6.45) is 3.67. The lowest BCUT2D eigenvalue weighted by molar-refractivity contribution is 0.297. The van der Waals surface area contributed by atoms with Crippen LogP contribution in [0.1, 0.15) is 100 Å². The predicted octanol–water partition coefficient (Wildman–Crippen LogP) is 8.97. The second kappa shape index (κ2) is 7.12. The molecule has 194 valence electrons. The van der Waals surface area contributed by atoms with Gasteiger partial charge < -0.3 is 4.57 Å². The highest BCUT2D eigenvalue weighted by atomic mass is 15.0. The van der Waals surface area contributed by atoms with Crippen LogP contribution in [0.3, 0.4) is 0 Å². The molecule has 3 aliphatic rings. The Labute approximate surface area is 228 Å². The third-order valence-corrected chi connectivity index (χ3v) is 11.1. The molecular formula is C37H41N. The Morgan fingerprint density at radius 2 is 1.13 bits per heavy atom. The molecule has 0 amide bonds. The smallest absolute Gasteiger partial charge is 0.0488 e. The number of hydrogen-bond acceptors (Lipinski definition) is 0. The number of benzene rings is 3. The molecule has 1 nitrogen and oxygen atoms in total. The fraction of sp³-hybridized carbons (Fsp3) is 0.405. The highest BCUT2D eigenvalue weighted by molar-refractivity contribution is 5.92. The Kier molecular flexibility index (Phi) is 4.50. The molecule has 0 aliphatic heterocycles. The van der Waals surface area contributed by atoms with Crippen LogP contribution in [-0.2, 0) is 35.1 Å². The summed E-state index contributed by atoms with van der Waals surface area (Å²) >= 11 is 0. The molecule has 1 heterocycles. The molecule has 7 rings (SSSR count). The Bertz CT molecular complexity index is 1700. The molecule has 0 N–H and O–H groups in total. The molecule has 1 unspecified atom stereocenters. The van der Waals surface area contributed by atoms with Gasteiger partial charge in [-0.25, -0.2) is 0 Å². The number of nitrogens with zero attached hydrogens (tertiary/aromatic N) is 1. The van der Waals surface area contributed by atoms with E-state index in [1.807, 2.05) is 0 Å². The summed E-state index contributed by atoms with van der Waals surface area (Å²) in [5.41, 5.74) is 14.9.